The van der Waals surface area contributed by atoms with Crippen molar-refractivity contribution in [2.75, 3.05) is 40.3 Å². The van der Waals surface area contributed by atoms with Gasteiger partial charge in [-0.2, -0.15) is 0 Å². The number of imidazole rings is 1. The molecule has 0 aliphatic carbocycles. The summed E-state index contributed by atoms with van der Waals surface area (Å²) in [6.45, 7) is 6.87. The Hall–Kier alpha value is -2.34. The van der Waals surface area contributed by atoms with Gasteiger partial charge in [0.2, 0.25) is 0 Å². The number of aromatic nitrogens is 2. The molecule has 0 radical (unpaired) electrons. The highest BCUT2D eigenvalue weighted by Crippen LogP contribution is 2.17. The molecule has 2 aromatic rings. The lowest BCUT2D eigenvalue weighted by Crippen LogP contribution is -2.39. The molecule has 2 heterocycles. The molecule has 0 saturated carbocycles. The fourth-order valence-electron chi connectivity index (χ4n) is 3.37. The Morgan fingerprint density at radius 2 is 2.19 bits per heavy atom. The minimum Gasteiger partial charge on any atom is -0.357 e. The highest BCUT2D eigenvalue weighted by molar-refractivity contribution is 5.79. The number of aliphatic imine (C=N–C) groups is 1. The Morgan fingerprint density at radius 3 is 2.88 bits per heavy atom. The molecule has 1 aliphatic rings. The van der Waals surface area contributed by atoms with Crippen LogP contribution in [0.3, 0.4) is 0 Å². The van der Waals surface area contributed by atoms with Crippen LogP contribution in [0.4, 0.5) is 0 Å². The predicted octanol–water partition coefficient (Wildman–Crippen LogP) is 2.43. The summed E-state index contributed by atoms with van der Waals surface area (Å²) in [6.07, 6.45) is 3.14. The third-order valence-corrected chi connectivity index (χ3v) is 4.78. The van der Waals surface area contributed by atoms with Gasteiger partial charge in [-0.1, -0.05) is 30.3 Å². The van der Waals surface area contributed by atoms with Gasteiger partial charge in [0, 0.05) is 26.7 Å². The number of hydrogen-bond acceptors (Lipinski definition) is 3. The summed E-state index contributed by atoms with van der Waals surface area (Å²) in [5.41, 5.74) is 2.20. The van der Waals surface area contributed by atoms with Gasteiger partial charge >= 0.3 is 0 Å². The van der Waals surface area contributed by atoms with Gasteiger partial charge < -0.3 is 20.1 Å². The number of nitrogens with zero attached hydrogens (tertiary/aromatic N) is 4. The molecule has 1 aliphatic heterocycles. The smallest absolute Gasteiger partial charge is 0.194 e. The summed E-state index contributed by atoms with van der Waals surface area (Å²) in [7, 11) is 4.25. The van der Waals surface area contributed by atoms with Crippen LogP contribution in [0.2, 0.25) is 0 Å². The van der Waals surface area contributed by atoms with E-state index < -0.39 is 0 Å². The molecule has 2 N–H and O–H groups in total. The second-order valence-electron chi connectivity index (χ2n) is 7.08. The van der Waals surface area contributed by atoms with Crippen LogP contribution in [0, 0.1) is 5.92 Å². The average Bonchev–Trinajstić information content (AvgIpc) is 3.28. The van der Waals surface area contributed by atoms with Crippen molar-refractivity contribution in [3.05, 3.63) is 42.4 Å². The van der Waals surface area contributed by atoms with Crippen molar-refractivity contribution in [3.63, 3.8) is 0 Å². The Morgan fingerprint density at radius 1 is 1.38 bits per heavy atom. The number of likely N-dealkylation sites (tertiary alicyclic amines) is 1. The van der Waals surface area contributed by atoms with Crippen molar-refractivity contribution in [1.82, 2.24) is 25.1 Å². The first-order chi connectivity index (χ1) is 12.7. The maximum absolute atomic E-state index is 4.85. The molecule has 140 valence electrons. The third kappa shape index (κ3) is 4.85. The van der Waals surface area contributed by atoms with Gasteiger partial charge in [0.1, 0.15) is 5.82 Å². The van der Waals surface area contributed by atoms with E-state index in [-0.39, 0.29) is 0 Å². The molecule has 3 rings (SSSR count). The van der Waals surface area contributed by atoms with Gasteiger partial charge in [0.15, 0.2) is 5.96 Å². The lowest BCUT2D eigenvalue weighted by atomic mass is 10.1. The quantitative estimate of drug-likeness (QED) is 0.618. The monoisotopic (exact) mass is 354 g/mol. The van der Waals surface area contributed by atoms with Crippen LogP contribution in [0.1, 0.15) is 19.2 Å². The molecule has 6 heteroatoms. The molecule has 1 saturated heterocycles. The fraction of sp³-hybridized carbons (Fsp3) is 0.500. The molecular formula is C20H30N6. The van der Waals surface area contributed by atoms with Crippen molar-refractivity contribution in [3.8, 4) is 11.3 Å². The van der Waals surface area contributed by atoms with Crippen LogP contribution < -0.4 is 5.32 Å². The number of H-pyrrole nitrogens is 1. The predicted molar refractivity (Wildman–Crippen MR) is 107 cm³/mol. The summed E-state index contributed by atoms with van der Waals surface area (Å²) in [5, 5.41) is 3.40. The van der Waals surface area contributed by atoms with Crippen LogP contribution >= 0.6 is 0 Å². The van der Waals surface area contributed by atoms with E-state index in [9.17, 15) is 0 Å². The van der Waals surface area contributed by atoms with Crippen molar-refractivity contribution < 1.29 is 0 Å². The number of nitrogens with one attached hydrogen (secondary N) is 2. The number of benzene rings is 1. The third-order valence-electron chi connectivity index (χ3n) is 4.78. The summed E-state index contributed by atoms with van der Waals surface area (Å²) < 4.78 is 0. The molecular weight excluding hydrogens is 324 g/mol. The molecule has 1 atom stereocenters. The fourth-order valence-corrected chi connectivity index (χ4v) is 3.37. The van der Waals surface area contributed by atoms with Gasteiger partial charge in [-0.25, -0.2) is 4.98 Å². The van der Waals surface area contributed by atoms with E-state index in [1.807, 2.05) is 24.4 Å². The highest BCUT2D eigenvalue weighted by atomic mass is 15.3. The molecule has 1 aromatic heterocycles. The van der Waals surface area contributed by atoms with E-state index in [4.69, 9.17) is 4.99 Å². The number of aromatic amines is 1. The summed E-state index contributed by atoms with van der Waals surface area (Å²) in [5.74, 6) is 2.55. The molecule has 1 unspecified atom stereocenters. The van der Waals surface area contributed by atoms with E-state index in [0.717, 1.165) is 42.7 Å². The van der Waals surface area contributed by atoms with Crippen LogP contribution in [-0.4, -0.2) is 66.0 Å². The zero-order valence-electron chi connectivity index (χ0n) is 16.1. The maximum atomic E-state index is 4.85. The van der Waals surface area contributed by atoms with Crippen LogP contribution in [0.5, 0.6) is 0 Å². The number of hydrogen-bond donors (Lipinski definition) is 2. The molecule has 1 aromatic carbocycles. The standard InChI is InChI=1S/C20H30N6/c1-4-21-20(23-12-16-10-11-25(2)14-16)26(3)15-19-22-13-18(24-19)17-8-6-5-7-9-17/h5-9,13,16H,4,10-12,14-15H2,1-3H3,(H,21,23)(H,22,24). The first-order valence-corrected chi connectivity index (χ1v) is 9.43. The first kappa shape index (κ1) is 18.5. The van der Waals surface area contributed by atoms with Crippen LogP contribution in [-0.2, 0) is 6.54 Å². The number of rotatable bonds is 6. The highest BCUT2D eigenvalue weighted by Gasteiger charge is 2.19. The zero-order valence-corrected chi connectivity index (χ0v) is 16.1. The molecule has 0 bridgehead atoms. The summed E-state index contributed by atoms with van der Waals surface area (Å²) >= 11 is 0. The van der Waals surface area contributed by atoms with Crippen molar-refractivity contribution in [1.29, 1.82) is 0 Å². The molecule has 0 amide bonds. The van der Waals surface area contributed by atoms with Crippen molar-refractivity contribution >= 4 is 5.96 Å². The van der Waals surface area contributed by atoms with E-state index in [1.165, 1.54) is 13.0 Å². The normalized spacial score (nSPS) is 18.3. The number of guanidine groups is 1. The largest absolute Gasteiger partial charge is 0.357 e. The minimum atomic E-state index is 0.662. The van der Waals surface area contributed by atoms with Gasteiger partial charge in [0.25, 0.3) is 0 Å². The van der Waals surface area contributed by atoms with Gasteiger partial charge in [-0.15, -0.1) is 0 Å². The molecule has 26 heavy (non-hydrogen) atoms. The topological polar surface area (TPSA) is 59.6 Å². The Kier molecular flexibility index (Phi) is 6.28. The zero-order chi connectivity index (χ0) is 18.4. The average molecular weight is 355 g/mol. The Bertz CT molecular complexity index is 708. The minimum absolute atomic E-state index is 0.662. The van der Waals surface area contributed by atoms with Gasteiger partial charge in [-0.05, 0) is 38.4 Å². The summed E-state index contributed by atoms with van der Waals surface area (Å²) in [4.78, 5) is 17.3. The van der Waals surface area contributed by atoms with E-state index >= 15 is 0 Å². The Balaban J connectivity index is 1.62. The van der Waals surface area contributed by atoms with E-state index in [0.29, 0.717) is 12.5 Å². The van der Waals surface area contributed by atoms with Crippen LogP contribution in [0.25, 0.3) is 11.3 Å². The lowest BCUT2D eigenvalue weighted by molar-refractivity contribution is 0.396. The maximum Gasteiger partial charge on any atom is 0.194 e. The molecule has 6 nitrogen and oxygen atoms in total. The van der Waals surface area contributed by atoms with Gasteiger partial charge in [-0.3, -0.25) is 4.99 Å². The van der Waals surface area contributed by atoms with Gasteiger partial charge in [0.05, 0.1) is 18.4 Å². The molecule has 0 spiro atoms. The van der Waals surface area contributed by atoms with E-state index in [1.54, 1.807) is 0 Å². The lowest BCUT2D eigenvalue weighted by Gasteiger charge is -2.21. The second-order valence-corrected chi connectivity index (χ2v) is 7.08. The Labute approximate surface area is 156 Å². The first-order valence-electron chi connectivity index (χ1n) is 9.43. The summed E-state index contributed by atoms with van der Waals surface area (Å²) in [6, 6.07) is 10.3. The second kappa shape index (κ2) is 8.85. The van der Waals surface area contributed by atoms with Crippen molar-refractivity contribution in [2.24, 2.45) is 10.9 Å². The van der Waals surface area contributed by atoms with Crippen LogP contribution in [0.15, 0.2) is 41.5 Å². The SMILES string of the molecule is CCNC(=NCC1CCN(C)C1)N(C)Cc1ncc(-c2ccccc2)[nH]1. The van der Waals surface area contributed by atoms with E-state index in [2.05, 4.69) is 58.2 Å². The van der Waals surface area contributed by atoms with Crippen molar-refractivity contribution in [2.45, 2.75) is 19.9 Å². The molecule has 1 fully saturated rings.